The van der Waals surface area contributed by atoms with Gasteiger partial charge in [0, 0.05) is 26.2 Å². The van der Waals surface area contributed by atoms with E-state index in [1.165, 1.54) is 23.5 Å². The quantitative estimate of drug-likeness (QED) is 0.705. The summed E-state index contributed by atoms with van der Waals surface area (Å²) >= 11 is 0. The van der Waals surface area contributed by atoms with Crippen LogP contribution in [-0.2, 0) is 19.6 Å². The molecule has 0 aliphatic carbocycles. The van der Waals surface area contributed by atoms with Gasteiger partial charge in [-0.3, -0.25) is 9.69 Å². The molecule has 2 saturated heterocycles. The molecule has 0 saturated carbocycles. The molecular formula is C16H21N3O6S. The molecule has 0 bridgehead atoms. The Labute approximate surface area is 152 Å². The summed E-state index contributed by atoms with van der Waals surface area (Å²) in [5.41, 5.74) is 0. The SMILES string of the molecule is COc1ccc(S(=O)(=O)N2CCN(CC(=O)N3CCOC3=O)CC2)cc1. The summed E-state index contributed by atoms with van der Waals surface area (Å²) in [6, 6.07) is 6.25. The van der Waals surface area contributed by atoms with Crippen LogP contribution in [0.4, 0.5) is 4.79 Å². The van der Waals surface area contributed by atoms with E-state index in [0.29, 0.717) is 18.8 Å². The molecule has 10 heteroatoms. The van der Waals surface area contributed by atoms with Crippen LogP contribution < -0.4 is 4.74 Å². The number of cyclic esters (lactones) is 1. The van der Waals surface area contributed by atoms with Crippen molar-refractivity contribution in [3.05, 3.63) is 24.3 Å². The van der Waals surface area contributed by atoms with Gasteiger partial charge in [0.2, 0.25) is 15.9 Å². The lowest BCUT2D eigenvalue weighted by Crippen LogP contribution is -2.51. The lowest BCUT2D eigenvalue weighted by atomic mass is 10.3. The van der Waals surface area contributed by atoms with E-state index in [1.807, 2.05) is 4.90 Å². The van der Waals surface area contributed by atoms with Crippen molar-refractivity contribution in [3.8, 4) is 5.75 Å². The van der Waals surface area contributed by atoms with Crippen LogP contribution in [0.2, 0.25) is 0 Å². The first-order valence-electron chi connectivity index (χ1n) is 8.25. The highest BCUT2D eigenvalue weighted by Gasteiger charge is 2.32. The number of hydrogen-bond donors (Lipinski definition) is 0. The molecular weight excluding hydrogens is 362 g/mol. The summed E-state index contributed by atoms with van der Waals surface area (Å²) in [5, 5.41) is 0. The van der Waals surface area contributed by atoms with E-state index in [4.69, 9.17) is 9.47 Å². The summed E-state index contributed by atoms with van der Waals surface area (Å²) < 4.78 is 36.6. The molecule has 2 aliphatic rings. The van der Waals surface area contributed by atoms with Crippen molar-refractivity contribution in [1.29, 1.82) is 0 Å². The van der Waals surface area contributed by atoms with Crippen molar-refractivity contribution in [1.82, 2.24) is 14.1 Å². The van der Waals surface area contributed by atoms with Gasteiger partial charge in [-0.25, -0.2) is 18.1 Å². The van der Waals surface area contributed by atoms with Gasteiger partial charge in [-0.15, -0.1) is 0 Å². The van der Waals surface area contributed by atoms with Crippen molar-refractivity contribution in [2.24, 2.45) is 0 Å². The van der Waals surface area contributed by atoms with Gasteiger partial charge in [-0.1, -0.05) is 0 Å². The summed E-state index contributed by atoms with van der Waals surface area (Å²) in [7, 11) is -2.06. The van der Waals surface area contributed by atoms with Crippen LogP contribution in [0.25, 0.3) is 0 Å². The normalized spacial score (nSPS) is 19.4. The Morgan fingerprint density at radius 3 is 2.31 bits per heavy atom. The van der Waals surface area contributed by atoms with Crippen LogP contribution in [0, 0.1) is 0 Å². The van der Waals surface area contributed by atoms with Crippen LogP contribution >= 0.6 is 0 Å². The maximum Gasteiger partial charge on any atom is 0.416 e. The van der Waals surface area contributed by atoms with Gasteiger partial charge in [0.15, 0.2) is 0 Å². The minimum absolute atomic E-state index is 0.0749. The van der Waals surface area contributed by atoms with Gasteiger partial charge in [-0.05, 0) is 24.3 Å². The molecule has 0 spiro atoms. The second kappa shape index (κ2) is 7.60. The van der Waals surface area contributed by atoms with E-state index in [0.717, 1.165) is 4.90 Å². The number of ether oxygens (including phenoxy) is 2. The molecule has 3 rings (SSSR count). The second-order valence-electron chi connectivity index (χ2n) is 6.02. The number of sulfonamides is 1. The van der Waals surface area contributed by atoms with Crippen molar-refractivity contribution in [2.75, 3.05) is 53.0 Å². The molecule has 0 aromatic heterocycles. The second-order valence-corrected chi connectivity index (χ2v) is 7.95. The topological polar surface area (TPSA) is 96.5 Å². The van der Waals surface area contributed by atoms with Crippen molar-refractivity contribution >= 4 is 22.0 Å². The van der Waals surface area contributed by atoms with Crippen molar-refractivity contribution in [3.63, 3.8) is 0 Å². The molecule has 1 aromatic rings. The van der Waals surface area contributed by atoms with Crippen molar-refractivity contribution < 1.29 is 27.5 Å². The maximum atomic E-state index is 12.7. The maximum absolute atomic E-state index is 12.7. The Morgan fingerprint density at radius 2 is 1.77 bits per heavy atom. The third kappa shape index (κ3) is 3.81. The fourth-order valence-corrected chi connectivity index (χ4v) is 4.34. The van der Waals surface area contributed by atoms with E-state index >= 15 is 0 Å². The largest absolute Gasteiger partial charge is 0.497 e. The first-order valence-corrected chi connectivity index (χ1v) is 9.69. The lowest BCUT2D eigenvalue weighted by Gasteiger charge is -2.33. The number of benzene rings is 1. The zero-order chi connectivity index (χ0) is 18.7. The molecule has 2 fully saturated rings. The zero-order valence-electron chi connectivity index (χ0n) is 14.5. The smallest absolute Gasteiger partial charge is 0.416 e. The Morgan fingerprint density at radius 1 is 1.12 bits per heavy atom. The molecule has 9 nitrogen and oxygen atoms in total. The summed E-state index contributed by atoms with van der Waals surface area (Å²) in [4.78, 5) is 26.7. The van der Waals surface area contributed by atoms with Gasteiger partial charge in [0.1, 0.15) is 12.4 Å². The Balaban J connectivity index is 1.57. The van der Waals surface area contributed by atoms with Gasteiger partial charge in [-0.2, -0.15) is 4.31 Å². The van der Waals surface area contributed by atoms with E-state index in [1.54, 1.807) is 12.1 Å². The Bertz CT molecular complexity index is 772. The molecule has 0 radical (unpaired) electrons. The minimum atomic E-state index is -3.58. The summed E-state index contributed by atoms with van der Waals surface area (Å²) in [6.45, 7) is 1.97. The van der Waals surface area contributed by atoms with Crippen LogP contribution in [0.3, 0.4) is 0 Å². The van der Waals surface area contributed by atoms with Crippen LogP contribution in [0.15, 0.2) is 29.2 Å². The highest BCUT2D eigenvalue weighted by Crippen LogP contribution is 2.20. The fourth-order valence-electron chi connectivity index (χ4n) is 2.92. The predicted octanol–water partition coefficient (Wildman–Crippen LogP) is -0.0197. The molecule has 1 aromatic carbocycles. The average Bonchev–Trinajstić information content (AvgIpc) is 3.08. The number of carbonyl (C=O) groups excluding carboxylic acids is 2. The molecule has 142 valence electrons. The van der Waals surface area contributed by atoms with Crippen molar-refractivity contribution in [2.45, 2.75) is 4.90 Å². The predicted molar refractivity (Wildman–Crippen MR) is 91.3 cm³/mol. The first-order chi connectivity index (χ1) is 12.4. The number of methoxy groups -OCH3 is 1. The molecule has 0 N–H and O–H groups in total. The number of rotatable bonds is 5. The Kier molecular flexibility index (Phi) is 5.44. The fraction of sp³-hybridized carbons (Fsp3) is 0.500. The Hall–Kier alpha value is -2.17. The average molecular weight is 383 g/mol. The number of amides is 2. The highest BCUT2D eigenvalue weighted by molar-refractivity contribution is 7.89. The number of carbonyl (C=O) groups is 2. The lowest BCUT2D eigenvalue weighted by molar-refractivity contribution is -0.129. The molecule has 0 unspecified atom stereocenters. The van der Waals surface area contributed by atoms with E-state index < -0.39 is 16.1 Å². The van der Waals surface area contributed by atoms with E-state index in [2.05, 4.69) is 0 Å². The van der Waals surface area contributed by atoms with E-state index in [-0.39, 0.29) is 43.6 Å². The summed E-state index contributed by atoms with van der Waals surface area (Å²) in [5.74, 6) is 0.270. The van der Waals surface area contributed by atoms with E-state index in [9.17, 15) is 18.0 Å². The number of nitrogens with zero attached hydrogens (tertiary/aromatic N) is 3. The van der Waals surface area contributed by atoms with Gasteiger partial charge < -0.3 is 9.47 Å². The number of hydrogen-bond acceptors (Lipinski definition) is 7. The third-order valence-electron chi connectivity index (χ3n) is 4.45. The third-order valence-corrected chi connectivity index (χ3v) is 6.36. The number of imide groups is 1. The molecule has 0 atom stereocenters. The molecule has 26 heavy (non-hydrogen) atoms. The van der Waals surface area contributed by atoms with Crippen LogP contribution in [-0.4, -0.2) is 87.5 Å². The standard InChI is InChI=1S/C16H21N3O6S/c1-24-13-2-4-14(5-3-13)26(22,23)18-8-6-17(7-9-18)12-15(20)19-10-11-25-16(19)21/h2-5H,6-12H2,1H3. The monoisotopic (exact) mass is 383 g/mol. The molecule has 2 aliphatic heterocycles. The molecule has 2 heterocycles. The van der Waals surface area contributed by atoms with Crippen LogP contribution in [0.1, 0.15) is 0 Å². The van der Waals surface area contributed by atoms with Crippen LogP contribution in [0.5, 0.6) is 5.75 Å². The first kappa shape index (κ1) is 18.6. The highest BCUT2D eigenvalue weighted by atomic mass is 32.2. The minimum Gasteiger partial charge on any atom is -0.497 e. The van der Waals surface area contributed by atoms with Gasteiger partial charge in [0.05, 0.1) is 25.1 Å². The zero-order valence-corrected chi connectivity index (χ0v) is 15.3. The van der Waals surface area contributed by atoms with Gasteiger partial charge in [0.25, 0.3) is 0 Å². The summed E-state index contributed by atoms with van der Waals surface area (Å²) in [6.07, 6.45) is -0.615. The molecule has 2 amide bonds. The number of piperazine rings is 1. The van der Waals surface area contributed by atoms with Gasteiger partial charge >= 0.3 is 6.09 Å².